The van der Waals surface area contributed by atoms with Crippen LogP contribution in [0.3, 0.4) is 0 Å². The molecule has 0 saturated carbocycles. The van der Waals surface area contributed by atoms with Gasteiger partial charge < -0.3 is 4.90 Å². The zero-order valence-electron chi connectivity index (χ0n) is 16.2. The topological polar surface area (TPSA) is 78.5 Å². The van der Waals surface area contributed by atoms with Gasteiger partial charge in [-0.3, -0.25) is 25.2 Å². The van der Waals surface area contributed by atoms with Crippen LogP contribution in [0.15, 0.2) is 48.7 Å². The third-order valence-corrected chi connectivity index (χ3v) is 4.79. The quantitative estimate of drug-likeness (QED) is 0.807. The number of fused-ring (bicyclic) bond motifs is 1. The first-order chi connectivity index (χ1) is 13.4. The second kappa shape index (κ2) is 8.08. The fraction of sp³-hybridized carbons (Fsp3) is 0.227. The first kappa shape index (κ1) is 19.4. The van der Waals surface area contributed by atoms with Crippen molar-refractivity contribution >= 4 is 23.8 Å². The molecule has 6 heteroatoms. The van der Waals surface area contributed by atoms with Crippen molar-refractivity contribution in [3.8, 4) is 0 Å². The second-order valence-corrected chi connectivity index (χ2v) is 6.91. The number of aryl methyl sites for hydroxylation is 2. The number of amides is 3. The Morgan fingerprint density at radius 3 is 2.50 bits per heavy atom. The summed E-state index contributed by atoms with van der Waals surface area (Å²) >= 11 is 0. The molecular formula is C22H23N3O3. The molecule has 0 aliphatic carbocycles. The van der Waals surface area contributed by atoms with Crippen LogP contribution in [0.5, 0.6) is 0 Å². The molecule has 0 aromatic heterocycles. The van der Waals surface area contributed by atoms with Gasteiger partial charge >= 0.3 is 0 Å². The lowest BCUT2D eigenvalue weighted by atomic mass is 9.93. The van der Waals surface area contributed by atoms with E-state index in [4.69, 9.17) is 0 Å². The molecular weight excluding hydrogens is 354 g/mol. The number of nitrogens with zero attached hydrogens (tertiary/aromatic N) is 1. The van der Waals surface area contributed by atoms with Crippen LogP contribution in [0.2, 0.25) is 0 Å². The molecule has 0 radical (unpaired) electrons. The normalized spacial score (nSPS) is 15.0. The van der Waals surface area contributed by atoms with Crippen molar-refractivity contribution in [2.45, 2.75) is 33.2 Å². The highest BCUT2D eigenvalue weighted by Gasteiger charge is 2.28. The third kappa shape index (κ3) is 4.11. The molecule has 2 aromatic rings. The number of hydrogen-bond acceptors (Lipinski definition) is 3. The van der Waals surface area contributed by atoms with Crippen molar-refractivity contribution in [3.63, 3.8) is 0 Å². The van der Waals surface area contributed by atoms with Crippen LogP contribution >= 0.6 is 0 Å². The fourth-order valence-corrected chi connectivity index (χ4v) is 3.40. The first-order valence-electron chi connectivity index (χ1n) is 9.09. The molecule has 3 rings (SSSR count). The molecule has 1 aliphatic rings. The summed E-state index contributed by atoms with van der Waals surface area (Å²) < 4.78 is 0. The summed E-state index contributed by atoms with van der Waals surface area (Å²) in [5, 5.41) is 0. The molecule has 1 heterocycles. The van der Waals surface area contributed by atoms with Gasteiger partial charge in [0.05, 0.1) is 12.5 Å². The van der Waals surface area contributed by atoms with Gasteiger partial charge in [-0.15, -0.1) is 0 Å². The van der Waals surface area contributed by atoms with Gasteiger partial charge in [0, 0.05) is 18.7 Å². The Morgan fingerprint density at radius 2 is 1.79 bits per heavy atom. The molecule has 0 saturated heterocycles. The van der Waals surface area contributed by atoms with Gasteiger partial charge in [-0.25, -0.2) is 0 Å². The summed E-state index contributed by atoms with van der Waals surface area (Å²) in [6, 6.07) is 12.7. The second-order valence-electron chi connectivity index (χ2n) is 6.91. The zero-order valence-corrected chi connectivity index (χ0v) is 16.2. The number of benzene rings is 2. The summed E-state index contributed by atoms with van der Waals surface area (Å²) in [5.41, 5.74) is 9.18. The first-order valence-corrected chi connectivity index (χ1v) is 9.09. The number of hydrogen-bond donors (Lipinski definition) is 2. The Kier molecular flexibility index (Phi) is 5.59. The molecule has 0 unspecified atom stereocenters. The third-order valence-electron chi connectivity index (χ3n) is 4.79. The average Bonchev–Trinajstić information content (AvgIpc) is 2.66. The van der Waals surface area contributed by atoms with Gasteiger partial charge in [0.2, 0.25) is 11.8 Å². The van der Waals surface area contributed by atoms with E-state index >= 15 is 0 Å². The standard InChI is InChI=1S/C22H23N3O3/c1-14-8-9-18(15(2)12-14)22(28)24-23-21(27)13-20-19-7-5-4-6-17(19)10-11-25(20)16(3)26/h4-12,20H,13H2,1-3H3,(H,23,27)(H,24,28)/t20-/m1/s1. The lowest BCUT2D eigenvalue weighted by Gasteiger charge is -2.32. The van der Waals surface area contributed by atoms with Crippen molar-refractivity contribution in [2.24, 2.45) is 0 Å². The van der Waals surface area contributed by atoms with Gasteiger partial charge in [-0.05, 0) is 42.7 Å². The van der Waals surface area contributed by atoms with Gasteiger partial charge in [0.15, 0.2) is 0 Å². The van der Waals surface area contributed by atoms with E-state index < -0.39 is 6.04 Å². The van der Waals surface area contributed by atoms with Gasteiger partial charge in [-0.2, -0.15) is 0 Å². The van der Waals surface area contributed by atoms with E-state index in [1.807, 2.05) is 56.3 Å². The Balaban J connectivity index is 1.68. The number of carbonyl (C=O) groups is 3. The highest BCUT2D eigenvalue weighted by Crippen LogP contribution is 2.32. The highest BCUT2D eigenvalue weighted by atomic mass is 16.2. The zero-order chi connectivity index (χ0) is 20.3. The molecule has 0 bridgehead atoms. The van der Waals surface area contributed by atoms with Crippen LogP contribution in [0, 0.1) is 13.8 Å². The van der Waals surface area contributed by atoms with E-state index in [1.165, 1.54) is 11.8 Å². The van der Waals surface area contributed by atoms with Gasteiger partial charge in [0.25, 0.3) is 5.91 Å². The highest BCUT2D eigenvalue weighted by molar-refractivity contribution is 5.96. The van der Waals surface area contributed by atoms with E-state index in [9.17, 15) is 14.4 Å². The molecule has 1 aliphatic heterocycles. The van der Waals surface area contributed by atoms with Crippen molar-refractivity contribution < 1.29 is 14.4 Å². The molecule has 144 valence electrons. The van der Waals surface area contributed by atoms with E-state index in [-0.39, 0.29) is 24.1 Å². The van der Waals surface area contributed by atoms with Crippen LogP contribution in [0.1, 0.15) is 52.0 Å². The van der Waals surface area contributed by atoms with Crippen LogP contribution < -0.4 is 10.9 Å². The minimum Gasteiger partial charge on any atom is -0.311 e. The minimum absolute atomic E-state index is 0.0358. The van der Waals surface area contributed by atoms with Crippen molar-refractivity contribution in [3.05, 3.63) is 76.5 Å². The number of hydrazine groups is 1. The monoisotopic (exact) mass is 377 g/mol. The van der Waals surface area contributed by atoms with E-state index in [0.29, 0.717) is 5.56 Å². The van der Waals surface area contributed by atoms with Crippen LogP contribution in [0.4, 0.5) is 0 Å². The fourth-order valence-electron chi connectivity index (χ4n) is 3.40. The van der Waals surface area contributed by atoms with E-state index in [0.717, 1.165) is 22.3 Å². The number of nitrogens with one attached hydrogen (secondary N) is 2. The summed E-state index contributed by atoms with van der Waals surface area (Å²) in [6.07, 6.45) is 3.58. The maximum Gasteiger partial charge on any atom is 0.269 e. The number of carbonyl (C=O) groups excluding carboxylic acids is 3. The average molecular weight is 377 g/mol. The molecule has 0 spiro atoms. The maximum atomic E-state index is 12.5. The van der Waals surface area contributed by atoms with Gasteiger partial charge in [0.1, 0.15) is 0 Å². The predicted molar refractivity (Wildman–Crippen MR) is 107 cm³/mol. The molecule has 28 heavy (non-hydrogen) atoms. The Labute approximate surface area is 164 Å². The van der Waals surface area contributed by atoms with Crippen molar-refractivity contribution in [2.75, 3.05) is 0 Å². The lowest BCUT2D eigenvalue weighted by Crippen LogP contribution is -2.44. The molecule has 2 aromatic carbocycles. The molecule has 6 nitrogen and oxygen atoms in total. The summed E-state index contributed by atoms with van der Waals surface area (Å²) in [6.45, 7) is 5.26. The molecule has 3 amide bonds. The maximum absolute atomic E-state index is 12.5. The number of rotatable bonds is 3. The molecule has 1 atom stereocenters. The Hall–Kier alpha value is -3.41. The molecule has 2 N–H and O–H groups in total. The minimum atomic E-state index is -0.420. The van der Waals surface area contributed by atoms with Crippen LogP contribution in [-0.4, -0.2) is 22.6 Å². The summed E-state index contributed by atoms with van der Waals surface area (Å²) in [5.74, 6) is -0.902. The summed E-state index contributed by atoms with van der Waals surface area (Å²) in [4.78, 5) is 38.3. The smallest absolute Gasteiger partial charge is 0.269 e. The van der Waals surface area contributed by atoms with E-state index in [1.54, 1.807) is 12.3 Å². The van der Waals surface area contributed by atoms with E-state index in [2.05, 4.69) is 10.9 Å². The predicted octanol–water partition coefficient (Wildman–Crippen LogP) is 3.03. The largest absolute Gasteiger partial charge is 0.311 e. The lowest BCUT2D eigenvalue weighted by molar-refractivity contribution is -0.130. The van der Waals surface area contributed by atoms with Crippen LogP contribution in [-0.2, 0) is 9.59 Å². The van der Waals surface area contributed by atoms with Gasteiger partial charge in [-0.1, -0.05) is 42.0 Å². The van der Waals surface area contributed by atoms with Crippen molar-refractivity contribution in [1.29, 1.82) is 0 Å². The molecule has 0 fully saturated rings. The SMILES string of the molecule is CC(=O)N1C=Cc2ccccc2[C@H]1CC(=O)NNC(=O)c1ccc(C)cc1C. The Bertz CT molecular complexity index is 965. The Morgan fingerprint density at radius 1 is 1.04 bits per heavy atom. The van der Waals surface area contributed by atoms with Crippen molar-refractivity contribution in [1.82, 2.24) is 15.8 Å². The summed E-state index contributed by atoms with van der Waals surface area (Å²) in [7, 11) is 0. The van der Waals surface area contributed by atoms with Crippen LogP contribution in [0.25, 0.3) is 6.08 Å².